The van der Waals surface area contributed by atoms with Gasteiger partial charge in [-0.1, -0.05) is 11.6 Å². The molecule has 2 aromatic heterocycles. The number of rotatable bonds is 3. The number of aromatic nitrogens is 3. The first-order chi connectivity index (χ1) is 8.13. The first-order valence-electron chi connectivity index (χ1n) is 5.36. The molecule has 5 heteroatoms. The van der Waals surface area contributed by atoms with Crippen LogP contribution in [0.4, 0.5) is 0 Å². The minimum atomic E-state index is 0.301. The van der Waals surface area contributed by atoms with Crippen molar-refractivity contribution >= 4 is 28.8 Å². The summed E-state index contributed by atoms with van der Waals surface area (Å²) in [6.07, 6.45) is 7.04. The molecule has 0 aliphatic rings. The number of ether oxygens (including phenoxy) is 1. The number of halogens is 1. The lowest BCUT2D eigenvalue weighted by Crippen LogP contribution is -1.99. The average Bonchev–Trinajstić information content (AvgIpc) is 2.64. The molecule has 0 amide bonds. The predicted octanol–water partition coefficient (Wildman–Crippen LogP) is 3.28. The van der Waals surface area contributed by atoms with Crippen LogP contribution in [0.25, 0.3) is 17.2 Å². The van der Waals surface area contributed by atoms with Gasteiger partial charge in [0.05, 0.1) is 19.6 Å². The monoisotopic (exact) mass is 251 g/mol. The summed E-state index contributed by atoms with van der Waals surface area (Å²) >= 11 is 5.88. The van der Waals surface area contributed by atoms with Crippen LogP contribution < -0.4 is 0 Å². The molecule has 0 aromatic carbocycles. The molecule has 0 unspecified atom stereocenters. The van der Waals surface area contributed by atoms with Gasteiger partial charge in [0, 0.05) is 17.8 Å². The smallest absolute Gasteiger partial charge is 0.161 e. The van der Waals surface area contributed by atoms with Crippen molar-refractivity contribution in [3.63, 3.8) is 0 Å². The van der Waals surface area contributed by atoms with Gasteiger partial charge < -0.3 is 9.30 Å². The Morgan fingerprint density at radius 2 is 2.24 bits per heavy atom. The highest BCUT2D eigenvalue weighted by Gasteiger charge is 2.12. The average molecular weight is 252 g/mol. The lowest BCUT2D eigenvalue weighted by atomic mass is 10.3. The van der Waals surface area contributed by atoms with E-state index in [0.29, 0.717) is 11.2 Å². The number of methoxy groups -OCH3 is 1. The largest absolute Gasteiger partial charge is 0.504 e. The molecule has 2 rings (SSSR count). The highest BCUT2D eigenvalue weighted by Crippen LogP contribution is 2.23. The summed E-state index contributed by atoms with van der Waals surface area (Å²) in [6.45, 7) is 4.18. The fourth-order valence-corrected chi connectivity index (χ4v) is 1.80. The number of hydrogen-bond acceptors (Lipinski definition) is 3. The molecule has 0 spiro atoms. The molecule has 0 saturated heterocycles. The van der Waals surface area contributed by atoms with Crippen molar-refractivity contribution in [2.24, 2.45) is 0 Å². The van der Waals surface area contributed by atoms with Gasteiger partial charge in [0.1, 0.15) is 10.7 Å². The fourth-order valence-electron chi connectivity index (χ4n) is 1.67. The van der Waals surface area contributed by atoms with Gasteiger partial charge in [-0.25, -0.2) is 9.97 Å². The van der Waals surface area contributed by atoms with E-state index >= 15 is 0 Å². The molecule has 0 N–H and O–H groups in total. The number of nitrogens with zero attached hydrogens (tertiary/aromatic N) is 3. The zero-order valence-electron chi connectivity index (χ0n) is 10.0. The second-order valence-corrected chi connectivity index (χ2v) is 4.38. The Bertz CT molecular complexity index is 560. The molecule has 0 aliphatic carbocycles. The Morgan fingerprint density at radius 3 is 2.88 bits per heavy atom. The summed E-state index contributed by atoms with van der Waals surface area (Å²) in [5.74, 6) is 0. The van der Waals surface area contributed by atoms with E-state index in [1.54, 1.807) is 19.6 Å². The third kappa shape index (κ3) is 2.26. The SMILES string of the molecule is CO/C=C\c1cn(C(C)C)c2nc(Cl)cnc12. The van der Waals surface area contributed by atoms with Crippen LogP contribution in [-0.4, -0.2) is 21.6 Å². The van der Waals surface area contributed by atoms with Gasteiger partial charge in [-0.2, -0.15) is 0 Å². The molecule has 0 saturated carbocycles. The Morgan fingerprint density at radius 1 is 1.47 bits per heavy atom. The maximum Gasteiger partial charge on any atom is 0.161 e. The second kappa shape index (κ2) is 4.75. The van der Waals surface area contributed by atoms with Crippen LogP contribution in [0, 0.1) is 0 Å². The van der Waals surface area contributed by atoms with Crippen molar-refractivity contribution in [1.82, 2.24) is 14.5 Å². The van der Waals surface area contributed by atoms with Crippen molar-refractivity contribution in [2.75, 3.05) is 7.11 Å². The van der Waals surface area contributed by atoms with Gasteiger partial charge in [-0.15, -0.1) is 0 Å². The van der Waals surface area contributed by atoms with Gasteiger partial charge in [0.25, 0.3) is 0 Å². The molecule has 0 radical (unpaired) electrons. The molecular weight excluding hydrogens is 238 g/mol. The lowest BCUT2D eigenvalue weighted by molar-refractivity contribution is 0.341. The van der Waals surface area contributed by atoms with Gasteiger partial charge >= 0.3 is 0 Å². The first-order valence-corrected chi connectivity index (χ1v) is 5.73. The van der Waals surface area contributed by atoms with E-state index in [1.165, 1.54) is 0 Å². The Labute approximate surface area is 105 Å². The molecular formula is C12H14ClN3O. The third-order valence-corrected chi connectivity index (χ3v) is 2.64. The zero-order chi connectivity index (χ0) is 12.4. The van der Waals surface area contributed by atoms with Gasteiger partial charge in [0.2, 0.25) is 0 Å². The number of fused-ring (bicyclic) bond motifs is 1. The standard InChI is InChI=1S/C12H14ClN3O/c1-8(2)16-7-9(4-5-17-3)11-12(16)15-10(13)6-14-11/h4-8H,1-3H3/b5-4-. The van der Waals surface area contributed by atoms with Crippen LogP contribution in [0.3, 0.4) is 0 Å². The molecule has 0 bridgehead atoms. The summed E-state index contributed by atoms with van der Waals surface area (Å²) in [4.78, 5) is 8.63. The topological polar surface area (TPSA) is 39.9 Å². The Kier molecular flexibility index (Phi) is 3.33. The summed E-state index contributed by atoms with van der Waals surface area (Å²) in [7, 11) is 1.61. The first kappa shape index (κ1) is 11.9. The molecule has 2 heterocycles. The van der Waals surface area contributed by atoms with Gasteiger partial charge in [-0.3, -0.25) is 0 Å². The van der Waals surface area contributed by atoms with E-state index in [1.807, 2.05) is 16.8 Å². The number of hydrogen-bond donors (Lipinski definition) is 0. The molecule has 0 fully saturated rings. The van der Waals surface area contributed by atoms with Crippen LogP contribution >= 0.6 is 11.6 Å². The normalized spacial score (nSPS) is 11.8. The third-order valence-electron chi connectivity index (χ3n) is 2.46. The van der Waals surface area contributed by atoms with Crippen molar-refractivity contribution in [2.45, 2.75) is 19.9 Å². The maximum atomic E-state index is 5.88. The minimum absolute atomic E-state index is 0.301. The maximum absolute atomic E-state index is 5.88. The summed E-state index contributed by atoms with van der Waals surface area (Å²) in [5, 5.41) is 0.403. The minimum Gasteiger partial charge on any atom is -0.504 e. The van der Waals surface area contributed by atoms with E-state index in [4.69, 9.17) is 16.3 Å². The van der Waals surface area contributed by atoms with Crippen molar-refractivity contribution in [3.8, 4) is 0 Å². The second-order valence-electron chi connectivity index (χ2n) is 3.99. The molecule has 2 aromatic rings. The van der Waals surface area contributed by atoms with E-state index in [-0.39, 0.29) is 0 Å². The summed E-state index contributed by atoms with van der Waals surface area (Å²) < 4.78 is 6.97. The fraction of sp³-hybridized carbons (Fsp3) is 0.333. The molecule has 0 atom stereocenters. The van der Waals surface area contributed by atoms with Crippen LogP contribution in [-0.2, 0) is 4.74 Å². The van der Waals surface area contributed by atoms with Crippen molar-refractivity contribution in [1.29, 1.82) is 0 Å². The molecule has 4 nitrogen and oxygen atoms in total. The van der Waals surface area contributed by atoms with Crippen molar-refractivity contribution in [3.05, 3.63) is 29.4 Å². The van der Waals surface area contributed by atoms with Gasteiger partial charge in [0.15, 0.2) is 5.65 Å². The van der Waals surface area contributed by atoms with Gasteiger partial charge in [-0.05, 0) is 19.9 Å². The molecule has 0 aliphatic heterocycles. The predicted molar refractivity (Wildman–Crippen MR) is 69.0 cm³/mol. The Hall–Kier alpha value is -1.55. The van der Waals surface area contributed by atoms with E-state index in [0.717, 1.165) is 16.7 Å². The van der Waals surface area contributed by atoms with Crippen LogP contribution in [0.15, 0.2) is 18.7 Å². The highest BCUT2D eigenvalue weighted by molar-refractivity contribution is 6.29. The summed E-state index contributed by atoms with van der Waals surface area (Å²) in [5.41, 5.74) is 2.60. The van der Waals surface area contributed by atoms with Crippen LogP contribution in [0.1, 0.15) is 25.5 Å². The molecule has 17 heavy (non-hydrogen) atoms. The lowest BCUT2D eigenvalue weighted by Gasteiger charge is -2.07. The van der Waals surface area contributed by atoms with Crippen LogP contribution in [0.5, 0.6) is 0 Å². The van der Waals surface area contributed by atoms with E-state index in [2.05, 4.69) is 23.8 Å². The van der Waals surface area contributed by atoms with E-state index in [9.17, 15) is 0 Å². The van der Waals surface area contributed by atoms with Crippen molar-refractivity contribution < 1.29 is 4.74 Å². The zero-order valence-corrected chi connectivity index (χ0v) is 10.8. The van der Waals surface area contributed by atoms with Crippen LogP contribution in [0.2, 0.25) is 5.15 Å². The van der Waals surface area contributed by atoms with E-state index < -0.39 is 0 Å². The highest BCUT2D eigenvalue weighted by atomic mass is 35.5. The summed E-state index contributed by atoms with van der Waals surface area (Å²) in [6, 6.07) is 0.301. The Balaban J connectivity index is 2.66. The quantitative estimate of drug-likeness (QED) is 0.786. The molecule has 90 valence electrons.